The second-order valence-corrected chi connectivity index (χ2v) is 8.35. The van der Waals surface area contributed by atoms with Gasteiger partial charge in [-0.05, 0) is 44.4 Å². The van der Waals surface area contributed by atoms with Crippen LogP contribution in [0.3, 0.4) is 0 Å². The number of anilines is 1. The van der Waals surface area contributed by atoms with E-state index in [4.69, 9.17) is 10.5 Å². The number of nitrogens with two attached hydrogens (primary N) is 1. The van der Waals surface area contributed by atoms with Crippen LogP contribution in [0.5, 0.6) is 5.75 Å². The second-order valence-electron chi connectivity index (χ2n) is 6.44. The molecule has 0 spiro atoms. The number of carbonyl (C=O) groups is 1. The van der Waals surface area contributed by atoms with Crippen LogP contribution in [0.25, 0.3) is 0 Å². The summed E-state index contributed by atoms with van der Waals surface area (Å²) >= 11 is 0. The van der Waals surface area contributed by atoms with Crippen LogP contribution in [0, 0.1) is 5.92 Å². The van der Waals surface area contributed by atoms with Crippen LogP contribution < -0.4 is 15.8 Å². The highest BCUT2D eigenvalue weighted by Crippen LogP contribution is 2.31. The molecule has 0 heterocycles. The fraction of sp³-hybridized carbons (Fsp3) is 0.611. The van der Waals surface area contributed by atoms with E-state index in [0.717, 1.165) is 12.8 Å². The average molecular weight is 420 g/mol. The molecule has 154 valence electrons. The maximum absolute atomic E-state index is 12.9. The first-order chi connectivity index (χ1) is 12.3. The van der Waals surface area contributed by atoms with Crippen LogP contribution in [0.4, 0.5) is 5.69 Å². The molecule has 1 amide bonds. The molecule has 0 aliphatic heterocycles. The van der Waals surface area contributed by atoms with Gasteiger partial charge in [-0.25, -0.2) is 8.42 Å². The van der Waals surface area contributed by atoms with Crippen molar-refractivity contribution in [1.29, 1.82) is 0 Å². The SMILES string of the molecule is CCOc1ccc(NC(=O)C2CCC(N)C2)cc1S(=O)(=O)N(CC)CC.Cl. The Morgan fingerprint density at radius 1 is 1.26 bits per heavy atom. The number of benzene rings is 1. The van der Waals surface area contributed by atoms with Gasteiger partial charge in [0.1, 0.15) is 10.6 Å². The van der Waals surface area contributed by atoms with E-state index in [2.05, 4.69) is 5.32 Å². The van der Waals surface area contributed by atoms with E-state index in [9.17, 15) is 13.2 Å². The van der Waals surface area contributed by atoms with Crippen molar-refractivity contribution in [2.45, 2.75) is 51.0 Å². The summed E-state index contributed by atoms with van der Waals surface area (Å²) in [5, 5.41) is 2.83. The summed E-state index contributed by atoms with van der Waals surface area (Å²) in [7, 11) is -3.70. The summed E-state index contributed by atoms with van der Waals surface area (Å²) in [6.07, 6.45) is 2.26. The number of amides is 1. The molecule has 7 nitrogen and oxygen atoms in total. The zero-order valence-electron chi connectivity index (χ0n) is 16.1. The van der Waals surface area contributed by atoms with Crippen molar-refractivity contribution in [3.63, 3.8) is 0 Å². The largest absolute Gasteiger partial charge is 0.492 e. The lowest BCUT2D eigenvalue weighted by Crippen LogP contribution is -2.31. The van der Waals surface area contributed by atoms with Crippen LogP contribution in [-0.2, 0) is 14.8 Å². The molecule has 1 aromatic rings. The Kier molecular flexibility index (Phi) is 9.01. The van der Waals surface area contributed by atoms with Gasteiger partial charge >= 0.3 is 0 Å². The molecule has 0 saturated heterocycles. The smallest absolute Gasteiger partial charge is 0.246 e. The van der Waals surface area contributed by atoms with E-state index in [1.54, 1.807) is 32.9 Å². The topological polar surface area (TPSA) is 102 Å². The van der Waals surface area contributed by atoms with Gasteiger partial charge in [0.25, 0.3) is 0 Å². The molecule has 2 atom stereocenters. The van der Waals surface area contributed by atoms with Crippen LogP contribution in [0.1, 0.15) is 40.0 Å². The lowest BCUT2D eigenvalue weighted by molar-refractivity contribution is -0.119. The fourth-order valence-electron chi connectivity index (χ4n) is 3.26. The average Bonchev–Trinajstić information content (AvgIpc) is 3.04. The molecule has 1 saturated carbocycles. The molecular weight excluding hydrogens is 390 g/mol. The van der Waals surface area contributed by atoms with E-state index in [-0.39, 0.29) is 35.2 Å². The number of hydrogen-bond donors (Lipinski definition) is 2. The highest BCUT2D eigenvalue weighted by molar-refractivity contribution is 7.89. The number of ether oxygens (including phenoxy) is 1. The third-order valence-electron chi connectivity index (χ3n) is 4.68. The molecule has 1 aliphatic rings. The van der Waals surface area contributed by atoms with Gasteiger partial charge in [0.2, 0.25) is 15.9 Å². The Morgan fingerprint density at radius 2 is 1.93 bits per heavy atom. The quantitative estimate of drug-likeness (QED) is 0.674. The molecule has 27 heavy (non-hydrogen) atoms. The van der Waals surface area contributed by atoms with Gasteiger partial charge in [0.05, 0.1) is 6.61 Å². The minimum atomic E-state index is -3.70. The van der Waals surface area contributed by atoms with Gasteiger partial charge in [0, 0.05) is 30.7 Å². The summed E-state index contributed by atoms with van der Waals surface area (Å²) < 4.78 is 32.8. The van der Waals surface area contributed by atoms with E-state index in [1.165, 1.54) is 10.4 Å². The maximum atomic E-state index is 12.9. The van der Waals surface area contributed by atoms with Gasteiger partial charge in [-0.1, -0.05) is 13.8 Å². The Bertz CT molecular complexity index is 738. The molecular formula is C18H30ClN3O4S. The zero-order chi connectivity index (χ0) is 19.3. The first kappa shape index (κ1) is 23.7. The van der Waals surface area contributed by atoms with Crippen LogP contribution >= 0.6 is 12.4 Å². The van der Waals surface area contributed by atoms with E-state index in [1.807, 2.05) is 0 Å². The molecule has 0 radical (unpaired) electrons. The molecule has 1 fully saturated rings. The number of carbonyl (C=O) groups excluding carboxylic acids is 1. The molecule has 9 heteroatoms. The van der Waals surface area contributed by atoms with Crippen molar-refractivity contribution >= 4 is 34.0 Å². The molecule has 2 rings (SSSR count). The number of nitrogens with zero attached hydrogens (tertiary/aromatic N) is 1. The maximum Gasteiger partial charge on any atom is 0.246 e. The van der Waals surface area contributed by atoms with E-state index in [0.29, 0.717) is 37.6 Å². The van der Waals surface area contributed by atoms with Crippen molar-refractivity contribution in [2.24, 2.45) is 11.7 Å². The van der Waals surface area contributed by atoms with Gasteiger partial charge < -0.3 is 15.8 Å². The third kappa shape index (κ3) is 5.57. The molecule has 2 unspecified atom stereocenters. The van der Waals surface area contributed by atoms with Crippen LogP contribution in [0.2, 0.25) is 0 Å². The highest BCUT2D eigenvalue weighted by atomic mass is 35.5. The van der Waals surface area contributed by atoms with Crippen molar-refractivity contribution in [1.82, 2.24) is 4.31 Å². The van der Waals surface area contributed by atoms with Gasteiger partial charge in [-0.2, -0.15) is 4.31 Å². The standard InChI is InChI=1S/C18H29N3O4S.ClH/c1-4-21(5-2)26(23,24)17-12-15(9-10-16(17)25-6-3)20-18(22)13-7-8-14(19)11-13;/h9-10,12-14H,4-8,11,19H2,1-3H3,(H,20,22);1H. The first-order valence-corrected chi connectivity index (χ1v) is 10.6. The predicted molar refractivity (Wildman–Crippen MR) is 109 cm³/mol. The van der Waals surface area contributed by atoms with E-state index >= 15 is 0 Å². The van der Waals surface area contributed by atoms with Gasteiger partial charge in [-0.15, -0.1) is 12.4 Å². The van der Waals surface area contributed by atoms with Crippen molar-refractivity contribution < 1.29 is 17.9 Å². The van der Waals surface area contributed by atoms with Crippen molar-refractivity contribution in [3.8, 4) is 5.75 Å². The van der Waals surface area contributed by atoms with Crippen molar-refractivity contribution in [2.75, 3.05) is 25.0 Å². The lowest BCUT2D eigenvalue weighted by atomic mass is 10.1. The lowest BCUT2D eigenvalue weighted by Gasteiger charge is -2.21. The molecule has 0 aromatic heterocycles. The molecule has 3 N–H and O–H groups in total. The fourth-order valence-corrected chi connectivity index (χ4v) is 4.88. The zero-order valence-corrected chi connectivity index (χ0v) is 17.7. The summed E-state index contributed by atoms with van der Waals surface area (Å²) in [6, 6.07) is 4.80. The summed E-state index contributed by atoms with van der Waals surface area (Å²) in [5.41, 5.74) is 6.32. The predicted octanol–water partition coefficient (Wildman–Crippen LogP) is 2.60. The number of nitrogens with one attached hydrogen (secondary N) is 1. The molecule has 1 aliphatic carbocycles. The summed E-state index contributed by atoms with van der Waals surface area (Å²) in [5.74, 6) is 0.0491. The van der Waals surface area contributed by atoms with Gasteiger partial charge in [0.15, 0.2) is 0 Å². The van der Waals surface area contributed by atoms with Crippen LogP contribution in [-0.4, -0.2) is 44.4 Å². The second kappa shape index (κ2) is 10.3. The number of hydrogen-bond acceptors (Lipinski definition) is 5. The molecule has 1 aromatic carbocycles. The molecule has 0 bridgehead atoms. The minimum absolute atomic E-state index is 0. The van der Waals surface area contributed by atoms with E-state index < -0.39 is 10.0 Å². The number of sulfonamides is 1. The normalized spacial score (nSPS) is 19.6. The third-order valence-corrected chi connectivity index (χ3v) is 6.75. The number of halogens is 1. The Labute approximate surface area is 168 Å². The minimum Gasteiger partial charge on any atom is -0.492 e. The van der Waals surface area contributed by atoms with Crippen molar-refractivity contribution in [3.05, 3.63) is 18.2 Å². The Hall–Kier alpha value is -1.35. The summed E-state index contributed by atoms with van der Waals surface area (Å²) in [6.45, 7) is 6.45. The van der Waals surface area contributed by atoms with Crippen LogP contribution in [0.15, 0.2) is 23.1 Å². The Morgan fingerprint density at radius 3 is 2.44 bits per heavy atom. The Balaban J connectivity index is 0.00000364. The highest BCUT2D eigenvalue weighted by Gasteiger charge is 2.29. The number of rotatable bonds is 8. The monoisotopic (exact) mass is 419 g/mol. The van der Waals surface area contributed by atoms with Gasteiger partial charge in [-0.3, -0.25) is 4.79 Å². The summed E-state index contributed by atoms with van der Waals surface area (Å²) in [4.78, 5) is 12.5. The first-order valence-electron chi connectivity index (χ1n) is 9.16.